The lowest BCUT2D eigenvalue weighted by Crippen LogP contribution is -2.56. The number of hydrazine groups is 1. The van der Waals surface area contributed by atoms with Crippen LogP contribution in [0.15, 0.2) is 72.8 Å². The molecule has 1 aliphatic rings. The quantitative estimate of drug-likeness (QED) is 0.737. The monoisotopic (exact) mass is 382 g/mol. The van der Waals surface area contributed by atoms with E-state index in [2.05, 4.69) is 0 Å². The average molecular weight is 382 g/mol. The first-order chi connectivity index (χ1) is 13.7. The Hall–Kier alpha value is -3.32. The number of nitrogens with zero attached hydrogens (tertiary/aromatic N) is 2. The first-order valence-electron chi connectivity index (χ1n) is 8.86. The molecule has 28 heavy (non-hydrogen) atoms. The van der Waals surface area contributed by atoms with E-state index in [1.165, 1.54) is 12.1 Å². The van der Waals surface area contributed by atoms with Crippen LogP contribution in [-0.4, -0.2) is 42.1 Å². The van der Waals surface area contributed by atoms with Gasteiger partial charge in [-0.25, -0.2) is 14.6 Å². The lowest BCUT2D eigenvalue weighted by Gasteiger charge is -2.38. The maximum absolute atomic E-state index is 12.7. The summed E-state index contributed by atoms with van der Waals surface area (Å²) in [5.41, 5.74) is 1.69. The van der Waals surface area contributed by atoms with Crippen LogP contribution in [-0.2, 0) is 27.4 Å². The smallest absolute Gasteiger partial charge is 0.432 e. The number of carbonyl (C=O) groups is 2. The summed E-state index contributed by atoms with van der Waals surface area (Å²) in [7, 11) is 1.45. The topological polar surface area (TPSA) is 68.3 Å². The highest BCUT2D eigenvalue weighted by atomic mass is 16.6. The van der Waals surface area contributed by atoms with Gasteiger partial charge < -0.3 is 14.2 Å². The molecule has 0 N–H and O–H groups in total. The predicted octanol–water partition coefficient (Wildman–Crippen LogP) is 3.72. The number of amides is 2. The third-order valence-corrected chi connectivity index (χ3v) is 4.13. The van der Waals surface area contributed by atoms with Gasteiger partial charge in [-0.1, -0.05) is 66.7 Å². The van der Waals surface area contributed by atoms with Gasteiger partial charge in [-0.3, -0.25) is 0 Å². The van der Waals surface area contributed by atoms with Gasteiger partial charge in [0.05, 0.1) is 6.54 Å². The molecule has 0 aliphatic carbocycles. The third-order valence-electron chi connectivity index (χ3n) is 4.13. The van der Waals surface area contributed by atoms with Crippen molar-refractivity contribution in [3.63, 3.8) is 0 Å². The van der Waals surface area contributed by atoms with Crippen molar-refractivity contribution in [2.45, 2.75) is 19.4 Å². The normalized spacial score (nSPS) is 16.0. The van der Waals surface area contributed by atoms with E-state index in [0.29, 0.717) is 0 Å². The summed E-state index contributed by atoms with van der Waals surface area (Å²) in [6, 6.07) is 18.6. The van der Waals surface area contributed by atoms with Gasteiger partial charge in [0.1, 0.15) is 13.2 Å². The zero-order chi connectivity index (χ0) is 19.8. The van der Waals surface area contributed by atoms with Gasteiger partial charge in [0.15, 0.2) is 6.23 Å². The summed E-state index contributed by atoms with van der Waals surface area (Å²) in [5, 5.41) is 2.29. The van der Waals surface area contributed by atoms with Crippen LogP contribution >= 0.6 is 0 Å². The number of rotatable bonds is 5. The zero-order valence-corrected chi connectivity index (χ0v) is 15.6. The molecule has 146 valence electrons. The summed E-state index contributed by atoms with van der Waals surface area (Å²) in [5.74, 6) is 0. The molecule has 3 rings (SSSR count). The van der Waals surface area contributed by atoms with Crippen molar-refractivity contribution in [3.05, 3.63) is 83.9 Å². The highest BCUT2D eigenvalue weighted by Crippen LogP contribution is 2.17. The molecule has 1 atom stereocenters. The summed E-state index contributed by atoms with van der Waals surface area (Å²) < 4.78 is 16.0. The van der Waals surface area contributed by atoms with Crippen molar-refractivity contribution in [1.82, 2.24) is 10.0 Å². The highest BCUT2D eigenvalue weighted by molar-refractivity contribution is 5.75. The molecule has 0 fully saturated rings. The Labute approximate surface area is 163 Å². The molecule has 1 unspecified atom stereocenters. The van der Waals surface area contributed by atoms with E-state index in [9.17, 15) is 9.59 Å². The van der Waals surface area contributed by atoms with Crippen LogP contribution in [0.2, 0.25) is 0 Å². The lowest BCUT2D eigenvalue weighted by molar-refractivity contribution is -0.108. The molecule has 7 heteroatoms. The van der Waals surface area contributed by atoms with Crippen LogP contribution in [0, 0.1) is 0 Å². The van der Waals surface area contributed by atoms with E-state index in [4.69, 9.17) is 14.2 Å². The fourth-order valence-electron chi connectivity index (χ4n) is 2.71. The van der Waals surface area contributed by atoms with Crippen LogP contribution in [0.1, 0.15) is 11.1 Å². The summed E-state index contributed by atoms with van der Waals surface area (Å²) in [4.78, 5) is 25.3. The summed E-state index contributed by atoms with van der Waals surface area (Å²) in [6.07, 6.45) is 1.30. The van der Waals surface area contributed by atoms with Gasteiger partial charge in [0.25, 0.3) is 0 Å². The summed E-state index contributed by atoms with van der Waals surface area (Å²) >= 11 is 0. The van der Waals surface area contributed by atoms with Crippen molar-refractivity contribution in [3.8, 4) is 0 Å². The Morgan fingerprint density at radius 1 is 0.893 bits per heavy atom. The molecule has 0 saturated heterocycles. The van der Waals surface area contributed by atoms with Crippen LogP contribution in [0.3, 0.4) is 0 Å². The average Bonchev–Trinajstić information content (AvgIpc) is 2.76. The molecule has 0 saturated carbocycles. The second-order valence-corrected chi connectivity index (χ2v) is 6.06. The van der Waals surface area contributed by atoms with Gasteiger partial charge in [-0.15, -0.1) is 0 Å². The van der Waals surface area contributed by atoms with Crippen LogP contribution in [0.25, 0.3) is 0 Å². The Morgan fingerprint density at radius 3 is 1.96 bits per heavy atom. The third kappa shape index (κ3) is 4.89. The molecule has 1 aliphatic heterocycles. The minimum atomic E-state index is -0.763. The number of hydrogen-bond acceptors (Lipinski definition) is 5. The van der Waals surface area contributed by atoms with Crippen molar-refractivity contribution in [2.24, 2.45) is 0 Å². The molecular formula is C21H22N2O5. The van der Waals surface area contributed by atoms with Crippen LogP contribution in [0.4, 0.5) is 9.59 Å². The Bertz CT molecular complexity index is 810. The van der Waals surface area contributed by atoms with E-state index in [1.807, 2.05) is 60.7 Å². The van der Waals surface area contributed by atoms with Gasteiger partial charge in [-0.05, 0) is 17.2 Å². The molecule has 0 aromatic heterocycles. The molecule has 0 spiro atoms. The minimum absolute atomic E-state index is 0.0865. The van der Waals surface area contributed by atoms with Crippen LogP contribution in [0.5, 0.6) is 0 Å². The van der Waals surface area contributed by atoms with Crippen molar-refractivity contribution >= 4 is 12.2 Å². The highest BCUT2D eigenvalue weighted by Gasteiger charge is 2.35. The first-order valence-corrected chi connectivity index (χ1v) is 8.86. The molecule has 0 radical (unpaired) electrons. The molecule has 2 aromatic rings. The van der Waals surface area contributed by atoms with Crippen LogP contribution < -0.4 is 0 Å². The molecule has 1 heterocycles. The fourth-order valence-corrected chi connectivity index (χ4v) is 2.71. The van der Waals surface area contributed by atoms with Gasteiger partial charge in [0.2, 0.25) is 0 Å². The second kappa shape index (κ2) is 9.57. The first kappa shape index (κ1) is 19.4. The number of ether oxygens (including phenoxy) is 3. The maximum Gasteiger partial charge on any atom is 0.432 e. The Balaban J connectivity index is 1.66. The van der Waals surface area contributed by atoms with Crippen molar-refractivity contribution in [1.29, 1.82) is 0 Å². The fraction of sp³-hybridized carbons (Fsp3) is 0.238. The number of benzene rings is 2. The second-order valence-electron chi connectivity index (χ2n) is 6.06. The Kier molecular flexibility index (Phi) is 6.64. The molecule has 2 amide bonds. The predicted molar refractivity (Wildman–Crippen MR) is 102 cm³/mol. The molecule has 7 nitrogen and oxygen atoms in total. The van der Waals surface area contributed by atoms with Gasteiger partial charge in [-0.2, -0.15) is 5.01 Å². The van der Waals surface area contributed by atoms with Gasteiger partial charge >= 0.3 is 12.2 Å². The molecule has 0 bridgehead atoms. The number of hydrogen-bond donors (Lipinski definition) is 0. The van der Waals surface area contributed by atoms with Crippen molar-refractivity contribution < 1.29 is 23.8 Å². The van der Waals surface area contributed by atoms with E-state index in [0.717, 1.165) is 16.1 Å². The number of carbonyl (C=O) groups excluding carboxylic acids is 2. The zero-order valence-electron chi connectivity index (χ0n) is 15.6. The van der Waals surface area contributed by atoms with E-state index < -0.39 is 18.4 Å². The minimum Gasteiger partial charge on any atom is -0.443 e. The number of methoxy groups -OCH3 is 1. The lowest BCUT2D eigenvalue weighted by atomic mass is 10.2. The van der Waals surface area contributed by atoms with Crippen molar-refractivity contribution in [2.75, 3.05) is 13.7 Å². The summed E-state index contributed by atoms with van der Waals surface area (Å²) in [6.45, 7) is 0.363. The largest absolute Gasteiger partial charge is 0.443 e. The SMILES string of the molecule is COC1C=CCN(C(=O)OCc2ccccc2)N1C(=O)OCc1ccccc1. The molecular weight excluding hydrogens is 360 g/mol. The van der Waals surface area contributed by atoms with E-state index >= 15 is 0 Å². The standard InChI is InChI=1S/C21H22N2O5/c1-26-19-13-8-14-22(20(24)27-15-17-9-4-2-5-10-17)23(19)21(25)28-16-18-11-6-3-7-12-18/h2-13,19H,14-16H2,1H3. The maximum atomic E-state index is 12.7. The van der Waals surface area contributed by atoms with E-state index in [-0.39, 0.29) is 19.8 Å². The van der Waals surface area contributed by atoms with Gasteiger partial charge in [0, 0.05) is 7.11 Å². The molecule has 2 aromatic carbocycles. The Morgan fingerprint density at radius 2 is 1.43 bits per heavy atom. The van der Waals surface area contributed by atoms with E-state index in [1.54, 1.807) is 12.2 Å².